The molecule has 0 aliphatic heterocycles. The lowest BCUT2D eigenvalue weighted by molar-refractivity contribution is 0.315. The molecule has 7 nitrogen and oxygen atoms in total. The molecule has 0 aliphatic rings. The lowest BCUT2D eigenvalue weighted by Crippen LogP contribution is -2.19. The number of nitrogen functional groups attached to an aromatic ring is 1. The van der Waals surface area contributed by atoms with Crippen LogP contribution >= 0.6 is 0 Å². The van der Waals surface area contributed by atoms with Gasteiger partial charge in [0.2, 0.25) is 0 Å². The van der Waals surface area contributed by atoms with Crippen molar-refractivity contribution in [2.45, 2.75) is 6.54 Å². The molecule has 2 aromatic heterocycles. The highest BCUT2D eigenvalue weighted by Gasteiger charge is 2.14. The molecule has 19 heavy (non-hydrogen) atoms. The van der Waals surface area contributed by atoms with E-state index in [1.165, 1.54) is 0 Å². The van der Waals surface area contributed by atoms with Gasteiger partial charge in [-0.05, 0) is 22.4 Å². The van der Waals surface area contributed by atoms with Gasteiger partial charge < -0.3 is 15.2 Å². The minimum Gasteiger partial charge on any atom is -0.397 e. The van der Waals surface area contributed by atoms with Gasteiger partial charge in [0.1, 0.15) is 5.82 Å². The Morgan fingerprint density at radius 1 is 1.32 bits per heavy atom. The molecule has 2 N–H and O–H groups in total. The molecule has 3 aromatic rings. The van der Waals surface area contributed by atoms with Crippen LogP contribution in [0.4, 0.5) is 11.4 Å². The molecular weight excluding hydrogens is 244 g/mol. The molecule has 0 saturated heterocycles. The fourth-order valence-electron chi connectivity index (χ4n) is 2.03. The normalized spacial score (nSPS) is 11.1. The number of hydrogen-bond acceptors (Lipinski definition) is 6. The summed E-state index contributed by atoms with van der Waals surface area (Å²) < 4.78 is 6.75. The Morgan fingerprint density at radius 2 is 2.11 bits per heavy atom. The number of nitrogens with zero attached hydrogens (tertiary/aromatic N) is 5. The average Bonchev–Trinajstić information content (AvgIpc) is 3.00. The second-order valence-electron chi connectivity index (χ2n) is 4.45. The van der Waals surface area contributed by atoms with Crippen LogP contribution in [0.3, 0.4) is 0 Å². The first-order valence-electron chi connectivity index (χ1n) is 5.85. The highest BCUT2D eigenvalue weighted by Crippen LogP contribution is 2.28. The maximum atomic E-state index is 5.83. The predicted molar refractivity (Wildman–Crippen MR) is 71.5 cm³/mol. The molecule has 98 valence electrons. The molecule has 0 spiro atoms. The van der Waals surface area contributed by atoms with Crippen molar-refractivity contribution in [2.24, 2.45) is 7.05 Å². The Kier molecular flexibility index (Phi) is 2.59. The van der Waals surface area contributed by atoms with Crippen LogP contribution in [0.5, 0.6) is 0 Å². The zero-order chi connectivity index (χ0) is 13.4. The molecule has 3 rings (SSSR count). The predicted octanol–water partition coefficient (Wildman–Crippen LogP) is 1.17. The Hall–Kier alpha value is -2.57. The molecular formula is C12H14N6O. The van der Waals surface area contributed by atoms with E-state index < -0.39 is 0 Å². The van der Waals surface area contributed by atoms with Gasteiger partial charge in [-0.3, -0.25) is 0 Å². The fourth-order valence-corrected chi connectivity index (χ4v) is 2.03. The van der Waals surface area contributed by atoms with Crippen molar-refractivity contribution in [1.29, 1.82) is 0 Å². The number of benzene rings is 1. The quantitative estimate of drug-likeness (QED) is 0.710. The van der Waals surface area contributed by atoms with Crippen molar-refractivity contribution >= 4 is 22.4 Å². The highest BCUT2D eigenvalue weighted by molar-refractivity contribution is 5.95. The van der Waals surface area contributed by atoms with E-state index >= 15 is 0 Å². The van der Waals surface area contributed by atoms with Gasteiger partial charge in [-0.15, -0.1) is 0 Å². The Bertz CT molecular complexity index is 716. The SMILES string of the molecule is CN(Cc1nccn1C)c1ccc(N)c2nonc12. The van der Waals surface area contributed by atoms with Crippen molar-refractivity contribution in [1.82, 2.24) is 19.9 Å². The maximum absolute atomic E-state index is 5.83. The molecule has 0 amide bonds. The van der Waals surface area contributed by atoms with Gasteiger partial charge in [-0.2, -0.15) is 0 Å². The van der Waals surface area contributed by atoms with Crippen molar-refractivity contribution in [3.63, 3.8) is 0 Å². The van der Waals surface area contributed by atoms with E-state index in [4.69, 9.17) is 10.4 Å². The largest absolute Gasteiger partial charge is 0.397 e. The van der Waals surface area contributed by atoms with Gasteiger partial charge in [0.05, 0.1) is 17.9 Å². The van der Waals surface area contributed by atoms with Crippen molar-refractivity contribution in [3.8, 4) is 0 Å². The third kappa shape index (κ3) is 1.88. The van der Waals surface area contributed by atoms with Gasteiger partial charge in [0.15, 0.2) is 11.0 Å². The number of fused-ring (bicyclic) bond motifs is 1. The van der Waals surface area contributed by atoms with Gasteiger partial charge in [-0.1, -0.05) is 0 Å². The summed E-state index contributed by atoms with van der Waals surface area (Å²) >= 11 is 0. The first-order valence-corrected chi connectivity index (χ1v) is 5.85. The molecule has 0 aliphatic carbocycles. The molecule has 0 saturated carbocycles. The summed E-state index contributed by atoms with van der Waals surface area (Å²) in [7, 11) is 3.93. The van der Waals surface area contributed by atoms with Crippen molar-refractivity contribution in [3.05, 3.63) is 30.4 Å². The lowest BCUT2D eigenvalue weighted by Gasteiger charge is -2.19. The van der Waals surface area contributed by atoms with Crippen LogP contribution in [0.15, 0.2) is 29.2 Å². The number of anilines is 2. The third-order valence-corrected chi connectivity index (χ3v) is 3.14. The summed E-state index contributed by atoms with van der Waals surface area (Å²) in [6, 6.07) is 3.71. The molecule has 0 fully saturated rings. The Morgan fingerprint density at radius 3 is 2.84 bits per heavy atom. The minimum absolute atomic E-state index is 0.561. The summed E-state index contributed by atoms with van der Waals surface area (Å²) in [4.78, 5) is 6.34. The molecule has 1 aromatic carbocycles. The standard InChI is InChI=1S/C12H14N6O/c1-17-6-5-14-10(17)7-18(2)9-4-3-8(13)11-12(9)16-19-15-11/h3-6H,7,13H2,1-2H3. The lowest BCUT2D eigenvalue weighted by atomic mass is 10.2. The third-order valence-electron chi connectivity index (χ3n) is 3.14. The average molecular weight is 258 g/mol. The smallest absolute Gasteiger partial charge is 0.160 e. The second-order valence-corrected chi connectivity index (χ2v) is 4.45. The zero-order valence-electron chi connectivity index (χ0n) is 10.7. The van der Waals surface area contributed by atoms with Gasteiger partial charge >= 0.3 is 0 Å². The van der Waals surface area contributed by atoms with E-state index in [1.807, 2.05) is 35.8 Å². The van der Waals surface area contributed by atoms with E-state index in [2.05, 4.69) is 15.3 Å². The number of imidazole rings is 1. The molecule has 7 heteroatoms. The first-order chi connectivity index (χ1) is 9.16. The van der Waals surface area contributed by atoms with Crippen LogP contribution in [-0.2, 0) is 13.6 Å². The van der Waals surface area contributed by atoms with Gasteiger partial charge in [0.25, 0.3) is 0 Å². The van der Waals surface area contributed by atoms with Crippen LogP contribution < -0.4 is 10.6 Å². The molecule has 0 atom stereocenters. The van der Waals surface area contributed by atoms with Crippen molar-refractivity contribution < 1.29 is 4.63 Å². The summed E-state index contributed by atoms with van der Waals surface area (Å²) in [6.07, 6.45) is 3.69. The highest BCUT2D eigenvalue weighted by atomic mass is 16.6. The number of aryl methyl sites for hydroxylation is 1. The fraction of sp³-hybridized carbons (Fsp3) is 0.250. The first kappa shape index (κ1) is 11.5. The van der Waals surface area contributed by atoms with E-state index in [0.29, 0.717) is 23.3 Å². The van der Waals surface area contributed by atoms with E-state index in [1.54, 1.807) is 12.3 Å². The van der Waals surface area contributed by atoms with Crippen LogP contribution in [0.25, 0.3) is 11.0 Å². The van der Waals surface area contributed by atoms with Gasteiger partial charge in [0, 0.05) is 26.5 Å². The molecule has 0 bridgehead atoms. The second kappa shape index (κ2) is 4.27. The molecule has 0 unspecified atom stereocenters. The summed E-state index contributed by atoms with van der Waals surface area (Å²) in [5.74, 6) is 0.962. The van der Waals surface area contributed by atoms with Crippen LogP contribution in [0.2, 0.25) is 0 Å². The van der Waals surface area contributed by atoms with Crippen molar-refractivity contribution in [2.75, 3.05) is 17.7 Å². The topological polar surface area (TPSA) is 86.0 Å². The minimum atomic E-state index is 0.561. The van der Waals surface area contributed by atoms with E-state index in [0.717, 1.165) is 11.5 Å². The summed E-state index contributed by atoms with van der Waals surface area (Å²) in [5, 5.41) is 7.73. The summed E-state index contributed by atoms with van der Waals surface area (Å²) in [5.41, 5.74) is 8.55. The number of rotatable bonds is 3. The summed E-state index contributed by atoms with van der Waals surface area (Å²) in [6.45, 7) is 0.662. The van der Waals surface area contributed by atoms with Crippen LogP contribution in [-0.4, -0.2) is 26.9 Å². The van der Waals surface area contributed by atoms with E-state index in [9.17, 15) is 0 Å². The van der Waals surface area contributed by atoms with E-state index in [-0.39, 0.29) is 0 Å². The molecule has 0 radical (unpaired) electrons. The Labute approximate surface area is 109 Å². The zero-order valence-corrected chi connectivity index (χ0v) is 10.7. The van der Waals surface area contributed by atoms with Crippen LogP contribution in [0.1, 0.15) is 5.82 Å². The number of hydrogen-bond donors (Lipinski definition) is 1. The number of nitrogens with two attached hydrogens (primary N) is 1. The Balaban J connectivity index is 1.98. The molecule has 2 heterocycles. The monoisotopic (exact) mass is 258 g/mol. The maximum Gasteiger partial charge on any atom is 0.160 e. The number of aromatic nitrogens is 4. The van der Waals surface area contributed by atoms with Gasteiger partial charge in [-0.25, -0.2) is 9.61 Å². The van der Waals surface area contributed by atoms with Crippen LogP contribution in [0, 0.1) is 0 Å².